The van der Waals surface area contributed by atoms with Crippen molar-refractivity contribution in [3.05, 3.63) is 54.1 Å². The molecular weight excluding hydrogens is 374 g/mol. The summed E-state index contributed by atoms with van der Waals surface area (Å²) >= 11 is 0. The van der Waals surface area contributed by atoms with Crippen LogP contribution >= 0.6 is 0 Å². The number of carbonyl (C=O) groups excluding carboxylic acids is 3. The number of anilines is 1. The first-order chi connectivity index (χ1) is 14.0. The lowest BCUT2D eigenvalue weighted by Crippen LogP contribution is -2.33. The number of ether oxygens (including phenoxy) is 2. The second kappa shape index (κ2) is 11.3. The van der Waals surface area contributed by atoms with E-state index < -0.39 is 5.91 Å². The minimum Gasteiger partial charge on any atom is -0.493 e. The number of hydrogen-bond acceptors (Lipinski definition) is 5. The third kappa shape index (κ3) is 7.17. The summed E-state index contributed by atoms with van der Waals surface area (Å²) in [6.07, 6.45) is 0. The van der Waals surface area contributed by atoms with Crippen molar-refractivity contribution in [3.8, 4) is 11.5 Å². The number of carbonyl (C=O) groups is 3. The van der Waals surface area contributed by atoms with Crippen molar-refractivity contribution in [1.29, 1.82) is 0 Å². The van der Waals surface area contributed by atoms with E-state index in [1.807, 2.05) is 13.8 Å². The predicted molar refractivity (Wildman–Crippen MR) is 109 cm³/mol. The summed E-state index contributed by atoms with van der Waals surface area (Å²) in [5.41, 5.74) is 0.917. The highest BCUT2D eigenvalue weighted by atomic mass is 16.5. The van der Waals surface area contributed by atoms with Crippen molar-refractivity contribution < 1.29 is 23.9 Å². The van der Waals surface area contributed by atoms with Crippen LogP contribution in [0.3, 0.4) is 0 Å². The van der Waals surface area contributed by atoms with Crippen LogP contribution < -0.4 is 25.4 Å². The molecule has 3 N–H and O–H groups in total. The van der Waals surface area contributed by atoms with E-state index in [2.05, 4.69) is 16.0 Å². The molecule has 0 saturated heterocycles. The van der Waals surface area contributed by atoms with Gasteiger partial charge in [-0.3, -0.25) is 14.4 Å². The SMILES string of the molecule is CCNC(=O)COc1ccc(NC(=O)CNC(=O)c2ccccc2OCC)cc1. The maximum Gasteiger partial charge on any atom is 0.257 e. The Morgan fingerprint density at radius 2 is 1.59 bits per heavy atom. The molecule has 0 radical (unpaired) electrons. The zero-order valence-electron chi connectivity index (χ0n) is 16.5. The molecule has 2 aromatic rings. The van der Waals surface area contributed by atoms with E-state index >= 15 is 0 Å². The standard InChI is InChI=1S/C21H25N3O5/c1-3-22-20(26)14-29-16-11-9-15(10-12-16)24-19(25)13-23-21(27)17-7-5-6-8-18(17)28-4-2/h5-12H,3-4,13-14H2,1-2H3,(H,22,26)(H,23,27)(H,24,25). The van der Waals surface area contributed by atoms with Gasteiger partial charge < -0.3 is 25.4 Å². The number of rotatable bonds is 10. The monoisotopic (exact) mass is 399 g/mol. The molecule has 0 atom stereocenters. The number of para-hydroxylation sites is 1. The molecule has 29 heavy (non-hydrogen) atoms. The van der Waals surface area contributed by atoms with Crippen LogP contribution in [0.4, 0.5) is 5.69 Å². The molecule has 0 aliphatic heterocycles. The van der Waals surface area contributed by atoms with E-state index in [9.17, 15) is 14.4 Å². The van der Waals surface area contributed by atoms with Gasteiger partial charge in [-0.25, -0.2) is 0 Å². The van der Waals surface area contributed by atoms with Crippen LogP contribution in [0.2, 0.25) is 0 Å². The Morgan fingerprint density at radius 1 is 0.862 bits per heavy atom. The quantitative estimate of drug-likeness (QED) is 0.566. The Balaban J connectivity index is 1.82. The minimum absolute atomic E-state index is 0.0746. The lowest BCUT2D eigenvalue weighted by atomic mass is 10.2. The van der Waals surface area contributed by atoms with Gasteiger partial charge in [0.25, 0.3) is 11.8 Å². The highest BCUT2D eigenvalue weighted by molar-refractivity contribution is 6.00. The highest BCUT2D eigenvalue weighted by Gasteiger charge is 2.13. The normalized spacial score (nSPS) is 10.0. The second-order valence-corrected chi connectivity index (χ2v) is 5.93. The average Bonchev–Trinajstić information content (AvgIpc) is 2.72. The zero-order chi connectivity index (χ0) is 21.1. The van der Waals surface area contributed by atoms with Crippen LogP contribution in [0.1, 0.15) is 24.2 Å². The van der Waals surface area contributed by atoms with E-state index in [-0.39, 0.29) is 25.0 Å². The van der Waals surface area contributed by atoms with E-state index in [4.69, 9.17) is 9.47 Å². The average molecular weight is 399 g/mol. The fourth-order valence-electron chi connectivity index (χ4n) is 2.43. The van der Waals surface area contributed by atoms with Gasteiger partial charge in [0.2, 0.25) is 5.91 Å². The van der Waals surface area contributed by atoms with Crippen molar-refractivity contribution in [2.45, 2.75) is 13.8 Å². The number of likely N-dealkylation sites (N-methyl/N-ethyl adjacent to an activating group) is 1. The minimum atomic E-state index is -0.390. The number of nitrogens with one attached hydrogen (secondary N) is 3. The molecule has 0 spiro atoms. The van der Waals surface area contributed by atoms with Gasteiger partial charge in [0.1, 0.15) is 11.5 Å². The summed E-state index contributed by atoms with van der Waals surface area (Å²) in [7, 11) is 0. The van der Waals surface area contributed by atoms with Crippen LogP contribution in [0.5, 0.6) is 11.5 Å². The summed E-state index contributed by atoms with van der Waals surface area (Å²) in [6.45, 7) is 4.38. The van der Waals surface area contributed by atoms with Crippen molar-refractivity contribution >= 4 is 23.4 Å². The van der Waals surface area contributed by atoms with Gasteiger partial charge in [-0.05, 0) is 50.2 Å². The molecule has 0 aliphatic carbocycles. The molecule has 0 aromatic heterocycles. The van der Waals surface area contributed by atoms with Gasteiger partial charge in [-0.15, -0.1) is 0 Å². The molecule has 8 nitrogen and oxygen atoms in total. The smallest absolute Gasteiger partial charge is 0.257 e. The lowest BCUT2D eigenvalue weighted by Gasteiger charge is -2.11. The molecule has 2 aromatic carbocycles. The maximum atomic E-state index is 12.3. The van der Waals surface area contributed by atoms with E-state index in [1.165, 1.54) is 0 Å². The van der Waals surface area contributed by atoms with Gasteiger partial charge >= 0.3 is 0 Å². The fourth-order valence-corrected chi connectivity index (χ4v) is 2.43. The molecule has 0 fully saturated rings. The molecule has 0 aliphatic rings. The summed E-state index contributed by atoms with van der Waals surface area (Å²) < 4.78 is 10.8. The number of hydrogen-bond donors (Lipinski definition) is 3. The van der Waals surface area contributed by atoms with Crippen LogP contribution in [-0.4, -0.2) is 44.0 Å². The first-order valence-corrected chi connectivity index (χ1v) is 9.33. The zero-order valence-corrected chi connectivity index (χ0v) is 16.5. The van der Waals surface area contributed by atoms with Crippen LogP contribution in [0, 0.1) is 0 Å². The topological polar surface area (TPSA) is 106 Å². The molecule has 8 heteroatoms. The summed E-state index contributed by atoms with van der Waals surface area (Å²) in [4.78, 5) is 35.8. The molecule has 3 amide bonds. The third-order valence-corrected chi connectivity index (χ3v) is 3.72. The Labute approximate surface area is 169 Å². The Morgan fingerprint density at radius 3 is 2.28 bits per heavy atom. The fraction of sp³-hybridized carbons (Fsp3) is 0.286. The summed E-state index contributed by atoms with van der Waals surface area (Å²) in [6, 6.07) is 13.4. The summed E-state index contributed by atoms with van der Waals surface area (Å²) in [5, 5.41) is 7.89. The predicted octanol–water partition coefficient (Wildman–Crippen LogP) is 1.97. The molecule has 2 rings (SSSR count). The van der Waals surface area contributed by atoms with E-state index in [0.717, 1.165) is 0 Å². The van der Waals surface area contributed by atoms with Gasteiger partial charge in [0, 0.05) is 12.2 Å². The van der Waals surface area contributed by atoms with Crippen molar-refractivity contribution in [3.63, 3.8) is 0 Å². The van der Waals surface area contributed by atoms with E-state index in [1.54, 1.807) is 48.5 Å². The van der Waals surface area contributed by atoms with Gasteiger partial charge in [-0.2, -0.15) is 0 Å². The Kier molecular flexibility index (Phi) is 8.50. The van der Waals surface area contributed by atoms with E-state index in [0.29, 0.717) is 35.9 Å². The molecule has 0 saturated carbocycles. The van der Waals surface area contributed by atoms with Crippen molar-refractivity contribution in [2.75, 3.05) is 31.6 Å². The molecule has 0 unspecified atom stereocenters. The second-order valence-electron chi connectivity index (χ2n) is 5.93. The van der Waals surface area contributed by atoms with Crippen LogP contribution in [0.25, 0.3) is 0 Å². The van der Waals surface area contributed by atoms with Crippen molar-refractivity contribution in [2.24, 2.45) is 0 Å². The Hall–Kier alpha value is -3.55. The summed E-state index contributed by atoms with van der Waals surface area (Å²) in [5.74, 6) is 0.0132. The molecular formula is C21H25N3O5. The largest absolute Gasteiger partial charge is 0.493 e. The van der Waals surface area contributed by atoms with Gasteiger partial charge in [0.15, 0.2) is 6.61 Å². The number of amides is 3. The molecule has 0 bridgehead atoms. The molecule has 154 valence electrons. The lowest BCUT2D eigenvalue weighted by molar-refractivity contribution is -0.123. The van der Waals surface area contributed by atoms with Gasteiger partial charge in [-0.1, -0.05) is 12.1 Å². The van der Waals surface area contributed by atoms with Crippen LogP contribution in [-0.2, 0) is 9.59 Å². The maximum absolute atomic E-state index is 12.3. The Bertz CT molecular complexity index is 836. The first-order valence-electron chi connectivity index (χ1n) is 9.33. The van der Waals surface area contributed by atoms with Gasteiger partial charge in [0.05, 0.1) is 18.7 Å². The molecule has 0 heterocycles. The third-order valence-electron chi connectivity index (χ3n) is 3.72. The first kappa shape index (κ1) is 21.7. The number of benzene rings is 2. The highest BCUT2D eigenvalue weighted by Crippen LogP contribution is 2.18. The van der Waals surface area contributed by atoms with Crippen molar-refractivity contribution in [1.82, 2.24) is 10.6 Å². The van der Waals surface area contributed by atoms with Crippen LogP contribution in [0.15, 0.2) is 48.5 Å².